The van der Waals surface area contributed by atoms with Gasteiger partial charge in [0.1, 0.15) is 11.6 Å². The zero-order chi connectivity index (χ0) is 15.4. The van der Waals surface area contributed by atoms with E-state index in [1.807, 2.05) is 0 Å². The third-order valence-corrected chi connectivity index (χ3v) is 4.66. The van der Waals surface area contributed by atoms with Crippen LogP contribution in [0.1, 0.15) is 43.8 Å². The number of hydrogen-bond acceptors (Lipinski definition) is 4. The van der Waals surface area contributed by atoms with Gasteiger partial charge < -0.3 is 19.9 Å². The van der Waals surface area contributed by atoms with Crippen molar-refractivity contribution in [3.8, 4) is 0 Å². The van der Waals surface area contributed by atoms with Gasteiger partial charge in [0.15, 0.2) is 0 Å². The van der Waals surface area contributed by atoms with E-state index in [2.05, 4.69) is 20.1 Å². The number of aromatic nitrogens is 3. The first-order valence-electron chi connectivity index (χ1n) is 8.36. The zero-order valence-electron chi connectivity index (χ0n) is 13.0. The normalized spacial score (nSPS) is 21.5. The van der Waals surface area contributed by atoms with E-state index in [4.69, 9.17) is 0 Å². The number of aliphatic hydroxyl groups excluding tert-OH is 1. The van der Waals surface area contributed by atoms with Gasteiger partial charge in [-0.05, 0) is 25.7 Å². The molecule has 2 N–H and O–H groups in total. The molecule has 22 heavy (non-hydrogen) atoms. The van der Waals surface area contributed by atoms with Gasteiger partial charge in [-0.3, -0.25) is 0 Å². The lowest BCUT2D eigenvalue weighted by molar-refractivity contribution is 0.157. The summed E-state index contributed by atoms with van der Waals surface area (Å²) in [6, 6.07) is -0.100. The molecule has 0 spiro atoms. The van der Waals surface area contributed by atoms with Gasteiger partial charge in [0.2, 0.25) is 0 Å². The van der Waals surface area contributed by atoms with E-state index in [9.17, 15) is 9.90 Å². The largest absolute Gasteiger partial charge is 0.394 e. The molecule has 3 heterocycles. The molecule has 1 unspecified atom stereocenters. The molecule has 2 aliphatic heterocycles. The van der Waals surface area contributed by atoms with Crippen molar-refractivity contribution in [2.75, 3.05) is 19.7 Å². The highest BCUT2D eigenvalue weighted by molar-refractivity contribution is 5.74. The number of nitrogens with zero attached hydrogens (tertiary/aromatic N) is 4. The van der Waals surface area contributed by atoms with Crippen molar-refractivity contribution in [1.29, 1.82) is 0 Å². The SMILES string of the molecule is O=C(NCCc1nnc2n1CCCCC2)N1CCCC1CO. The van der Waals surface area contributed by atoms with Gasteiger partial charge in [-0.25, -0.2) is 4.79 Å². The predicted octanol–water partition coefficient (Wildman–Crippen LogP) is 0.713. The lowest BCUT2D eigenvalue weighted by Crippen LogP contribution is -2.44. The number of rotatable bonds is 4. The summed E-state index contributed by atoms with van der Waals surface area (Å²) in [7, 11) is 0. The van der Waals surface area contributed by atoms with Crippen molar-refractivity contribution >= 4 is 6.03 Å². The van der Waals surface area contributed by atoms with Gasteiger partial charge >= 0.3 is 6.03 Å². The highest BCUT2D eigenvalue weighted by Gasteiger charge is 2.27. The molecule has 2 amide bonds. The minimum atomic E-state index is -0.0767. The van der Waals surface area contributed by atoms with Crippen LogP contribution in [-0.4, -0.2) is 56.5 Å². The Hall–Kier alpha value is -1.63. The second kappa shape index (κ2) is 7.09. The Labute approximate surface area is 130 Å². The summed E-state index contributed by atoms with van der Waals surface area (Å²) in [4.78, 5) is 13.9. The number of nitrogens with one attached hydrogen (secondary N) is 1. The van der Waals surface area contributed by atoms with Crippen LogP contribution >= 0.6 is 0 Å². The number of carbonyl (C=O) groups excluding carboxylic acids is 1. The summed E-state index contributed by atoms with van der Waals surface area (Å²) < 4.78 is 2.21. The van der Waals surface area contributed by atoms with E-state index in [1.54, 1.807) is 4.90 Å². The molecule has 0 radical (unpaired) electrons. The molecule has 1 aromatic rings. The number of fused-ring (bicyclic) bond motifs is 1. The van der Waals surface area contributed by atoms with Gasteiger partial charge in [0, 0.05) is 32.5 Å². The van der Waals surface area contributed by atoms with Gasteiger partial charge in [-0.15, -0.1) is 10.2 Å². The fraction of sp³-hybridized carbons (Fsp3) is 0.800. The summed E-state index contributed by atoms with van der Waals surface area (Å²) >= 11 is 0. The van der Waals surface area contributed by atoms with Crippen LogP contribution in [0.25, 0.3) is 0 Å². The van der Waals surface area contributed by atoms with Crippen LogP contribution in [-0.2, 0) is 19.4 Å². The van der Waals surface area contributed by atoms with Gasteiger partial charge in [0.25, 0.3) is 0 Å². The Morgan fingerprint density at radius 1 is 1.23 bits per heavy atom. The molecule has 0 aliphatic carbocycles. The predicted molar refractivity (Wildman–Crippen MR) is 81.5 cm³/mol. The van der Waals surface area contributed by atoms with Crippen molar-refractivity contribution in [3.63, 3.8) is 0 Å². The fourth-order valence-corrected chi connectivity index (χ4v) is 3.41. The minimum Gasteiger partial charge on any atom is -0.394 e. The molecule has 1 saturated heterocycles. The zero-order valence-corrected chi connectivity index (χ0v) is 13.0. The van der Waals surface area contributed by atoms with Gasteiger partial charge in [-0.1, -0.05) is 6.42 Å². The first-order chi connectivity index (χ1) is 10.8. The van der Waals surface area contributed by atoms with E-state index >= 15 is 0 Å². The van der Waals surface area contributed by atoms with Crippen molar-refractivity contribution < 1.29 is 9.90 Å². The van der Waals surface area contributed by atoms with Crippen molar-refractivity contribution in [3.05, 3.63) is 11.6 Å². The smallest absolute Gasteiger partial charge is 0.317 e. The van der Waals surface area contributed by atoms with E-state index < -0.39 is 0 Å². The number of likely N-dealkylation sites (tertiary alicyclic amines) is 1. The topological polar surface area (TPSA) is 83.3 Å². The molecule has 3 rings (SSSR count). The molecular formula is C15H25N5O2. The maximum atomic E-state index is 12.1. The standard InChI is InChI=1S/C15H25N5O2/c21-11-12-5-4-10-19(12)15(22)16-8-7-14-18-17-13-6-2-1-3-9-20(13)14/h12,21H,1-11H2,(H,16,22). The second-order valence-electron chi connectivity index (χ2n) is 6.15. The average Bonchev–Trinajstić information content (AvgIpc) is 3.08. The summed E-state index contributed by atoms with van der Waals surface area (Å²) in [5, 5.41) is 20.8. The monoisotopic (exact) mass is 307 g/mol. The fourth-order valence-electron chi connectivity index (χ4n) is 3.41. The molecular weight excluding hydrogens is 282 g/mol. The average molecular weight is 307 g/mol. The van der Waals surface area contributed by atoms with Crippen LogP contribution in [0.3, 0.4) is 0 Å². The number of carbonyl (C=O) groups is 1. The third-order valence-electron chi connectivity index (χ3n) is 4.66. The van der Waals surface area contributed by atoms with Crippen LogP contribution < -0.4 is 5.32 Å². The molecule has 0 aromatic carbocycles. The molecule has 0 bridgehead atoms. The molecule has 122 valence electrons. The maximum absolute atomic E-state index is 12.1. The summed E-state index contributed by atoms with van der Waals surface area (Å²) in [5.74, 6) is 2.05. The quantitative estimate of drug-likeness (QED) is 0.858. The van der Waals surface area contributed by atoms with Crippen LogP contribution in [0.5, 0.6) is 0 Å². The molecule has 1 aromatic heterocycles. The van der Waals surface area contributed by atoms with E-state index in [0.717, 1.165) is 44.0 Å². The highest BCUT2D eigenvalue weighted by atomic mass is 16.3. The van der Waals surface area contributed by atoms with E-state index in [0.29, 0.717) is 13.0 Å². The third kappa shape index (κ3) is 3.24. The second-order valence-corrected chi connectivity index (χ2v) is 6.15. The van der Waals surface area contributed by atoms with Crippen LogP contribution in [0.4, 0.5) is 4.79 Å². The molecule has 1 fully saturated rings. The van der Waals surface area contributed by atoms with E-state index in [1.165, 1.54) is 19.3 Å². The minimum absolute atomic E-state index is 0.0237. The molecule has 0 saturated carbocycles. The Morgan fingerprint density at radius 3 is 3.00 bits per heavy atom. The van der Waals surface area contributed by atoms with Crippen molar-refractivity contribution in [1.82, 2.24) is 25.0 Å². The van der Waals surface area contributed by atoms with Gasteiger partial charge in [0.05, 0.1) is 12.6 Å². The lowest BCUT2D eigenvalue weighted by atomic mass is 10.2. The lowest BCUT2D eigenvalue weighted by Gasteiger charge is -2.23. The van der Waals surface area contributed by atoms with Gasteiger partial charge in [-0.2, -0.15) is 0 Å². The van der Waals surface area contributed by atoms with Crippen molar-refractivity contribution in [2.24, 2.45) is 0 Å². The Balaban J connectivity index is 1.51. The molecule has 7 heteroatoms. The Kier molecular flexibility index (Phi) is 4.92. The summed E-state index contributed by atoms with van der Waals surface area (Å²) in [5.41, 5.74) is 0. The number of hydrogen-bond donors (Lipinski definition) is 2. The maximum Gasteiger partial charge on any atom is 0.317 e. The number of urea groups is 1. The first kappa shape index (κ1) is 15.3. The Morgan fingerprint density at radius 2 is 2.14 bits per heavy atom. The Bertz CT molecular complexity index is 516. The number of amides is 2. The van der Waals surface area contributed by atoms with Crippen LogP contribution in [0.2, 0.25) is 0 Å². The highest BCUT2D eigenvalue weighted by Crippen LogP contribution is 2.17. The van der Waals surface area contributed by atoms with E-state index in [-0.39, 0.29) is 18.7 Å². The molecule has 2 aliphatic rings. The number of aliphatic hydroxyl groups is 1. The molecule has 1 atom stereocenters. The summed E-state index contributed by atoms with van der Waals surface area (Å²) in [6.07, 6.45) is 7.18. The van der Waals surface area contributed by atoms with Crippen LogP contribution in [0, 0.1) is 0 Å². The van der Waals surface area contributed by atoms with Crippen molar-refractivity contribution in [2.45, 2.75) is 57.5 Å². The molecule has 7 nitrogen and oxygen atoms in total. The summed E-state index contributed by atoms with van der Waals surface area (Å²) in [6.45, 7) is 2.33. The number of aryl methyl sites for hydroxylation is 1. The van der Waals surface area contributed by atoms with Crippen LogP contribution in [0.15, 0.2) is 0 Å². The first-order valence-corrected chi connectivity index (χ1v) is 8.36.